The summed E-state index contributed by atoms with van der Waals surface area (Å²) >= 11 is 0. The van der Waals surface area contributed by atoms with Gasteiger partial charge in [-0.05, 0) is 98.4 Å². The number of benzene rings is 9. The maximum absolute atomic E-state index is 6.84. The molecule has 1 aliphatic rings. The lowest BCUT2D eigenvalue weighted by atomic mass is 9.74. The third-order valence-corrected chi connectivity index (χ3v) is 11.7. The standard InChI is InChI=1S/C52H35NO/c1-52(45-24-12-9-20-41(45)42-21-10-13-25-46(42)52)37-32-48(51-44-23-11-14-26-49(44)54-50(51)33-37)53(38-29-27-35(28-30-38)34-15-3-2-4-16-34)47-31-36-17-5-6-18-39(36)40-19-7-8-22-43(40)47/h2-33H,1H3. The van der Waals surface area contributed by atoms with Crippen LogP contribution >= 0.6 is 0 Å². The Hall–Kier alpha value is -6.90. The number of anilines is 3. The first-order valence-corrected chi connectivity index (χ1v) is 18.7. The third kappa shape index (κ3) is 4.47. The molecule has 0 amide bonds. The Balaban J connectivity index is 1.26. The van der Waals surface area contributed by atoms with Crippen molar-refractivity contribution in [3.63, 3.8) is 0 Å². The number of nitrogens with zero attached hydrogens (tertiary/aromatic N) is 1. The zero-order valence-corrected chi connectivity index (χ0v) is 29.8. The molecule has 1 aliphatic carbocycles. The van der Waals surface area contributed by atoms with Gasteiger partial charge in [-0.3, -0.25) is 0 Å². The fraction of sp³-hybridized carbons (Fsp3) is 0.0385. The molecule has 2 nitrogen and oxygen atoms in total. The second kappa shape index (κ2) is 11.8. The Morgan fingerprint density at radius 1 is 0.426 bits per heavy atom. The smallest absolute Gasteiger partial charge is 0.137 e. The molecular weight excluding hydrogens is 655 g/mol. The molecule has 10 aromatic rings. The highest BCUT2D eigenvalue weighted by atomic mass is 16.3. The van der Waals surface area contributed by atoms with E-state index in [-0.39, 0.29) is 0 Å². The molecule has 0 spiro atoms. The SMILES string of the molecule is CC1(c2cc(N(c3ccc(-c4ccccc4)cc3)c3cc4ccccc4c4ccccc34)c3c(c2)oc2ccccc23)c2ccccc2-c2ccccc21. The third-order valence-electron chi connectivity index (χ3n) is 11.7. The van der Waals surface area contributed by atoms with Gasteiger partial charge in [-0.1, -0.05) is 158 Å². The predicted molar refractivity (Wildman–Crippen MR) is 226 cm³/mol. The van der Waals surface area contributed by atoms with E-state index in [1.54, 1.807) is 0 Å². The maximum Gasteiger partial charge on any atom is 0.137 e. The predicted octanol–water partition coefficient (Wildman–Crippen LogP) is 14.4. The zero-order valence-electron chi connectivity index (χ0n) is 29.8. The Bertz CT molecular complexity index is 3020. The van der Waals surface area contributed by atoms with E-state index in [0.717, 1.165) is 39.0 Å². The summed E-state index contributed by atoms with van der Waals surface area (Å²) < 4.78 is 6.84. The molecule has 0 saturated carbocycles. The van der Waals surface area contributed by atoms with Crippen molar-refractivity contribution in [1.82, 2.24) is 0 Å². The van der Waals surface area contributed by atoms with Crippen LogP contribution in [0.3, 0.4) is 0 Å². The summed E-state index contributed by atoms with van der Waals surface area (Å²) in [5.41, 5.74) is 13.4. The summed E-state index contributed by atoms with van der Waals surface area (Å²) in [6, 6.07) is 70.6. The van der Waals surface area contributed by atoms with E-state index in [4.69, 9.17) is 4.42 Å². The fourth-order valence-corrected chi connectivity index (χ4v) is 9.12. The van der Waals surface area contributed by atoms with Gasteiger partial charge in [0, 0.05) is 21.9 Å². The second-order valence-corrected chi connectivity index (χ2v) is 14.6. The Kier molecular flexibility index (Phi) is 6.72. The number of rotatable bonds is 5. The maximum atomic E-state index is 6.84. The first-order chi connectivity index (χ1) is 26.7. The van der Waals surface area contributed by atoms with Crippen molar-refractivity contribution in [3.8, 4) is 22.3 Å². The lowest BCUT2D eigenvalue weighted by Crippen LogP contribution is -2.23. The molecule has 1 aromatic heterocycles. The number of para-hydroxylation sites is 1. The fourth-order valence-electron chi connectivity index (χ4n) is 9.12. The minimum absolute atomic E-state index is 0.413. The van der Waals surface area contributed by atoms with Crippen LogP contribution in [-0.4, -0.2) is 0 Å². The van der Waals surface area contributed by atoms with Crippen LogP contribution in [0, 0.1) is 0 Å². The van der Waals surface area contributed by atoms with Crippen LogP contribution in [0.2, 0.25) is 0 Å². The molecule has 254 valence electrons. The van der Waals surface area contributed by atoms with Gasteiger partial charge < -0.3 is 9.32 Å². The van der Waals surface area contributed by atoms with Crippen molar-refractivity contribution in [2.75, 3.05) is 4.90 Å². The van der Waals surface area contributed by atoms with E-state index in [9.17, 15) is 0 Å². The number of hydrogen-bond acceptors (Lipinski definition) is 2. The quantitative estimate of drug-likeness (QED) is 0.167. The lowest BCUT2D eigenvalue weighted by molar-refractivity contribution is 0.662. The van der Waals surface area contributed by atoms with Gasteiger partial charge in [0.2, 0.25) is 0 Å². The summed E-state index contributed by atoms with van der Waals surface area (Å²) in [5, 5.41) is 7.07. The van der Waals surface area contributed by atoms with E-state index in [2.05, 4.69) is 206 Å². The van der Waals surface area contributed by atoms with Crippen molar-refractivity contribution in [1.29, 1.82) is 0 Å². The van der Waals surface area contributed by atoms with Gasteiger partial charge in [-0.25, -0.2) is 0 Å². The molecule has 2 heteroatoms. The van der Waals surface area contributed by atoms with Crippen LogP contribution in [0.5, 0.6) is 0 Å². The average Bonchev–Trinajstić information content (AvgIpc) is 3.75. The van der Waals surface area contributed by atoms with Gasteiger partial charge in [0.25, 0.3) is 0 Å². The molecule has 0 aliphatic heterocycles. The summed E-state index contributed by atoms with van der Waals surface area (Å²) in [5.74, 6) is 0. The van der Waals surface area contributed by atoms with E-state index >= 15 is 0 Å². The minimum Gasteiger partial charge on any atom is -0.456 e. The number of furan rings is 1. The minimum atomic E-state index is -0.413. The van der Waals surface area contributed by atoms with Crippen LogP contribution in [-0.2, 0) is 5.41 Å². The van der Waals surface area contributed by atoms with Gasteiger partial charge in [-0.15, -0.1) is 0 Å². The van der Waals surface area contributed by atoms with Crippen LogP contribution in [0.4, 0.5) is 17.1 Å². The highest BCUT2D eigenvalue weighted by Gasteiger charge is 2.41. The van der Waals surface area contributed by atoms with Crippen molar-refractivity contribution in [2.45, 2.75) is 12.3 Å². The van der Waals surface area contributed by atoms with Gasteiger partial charge in [0.1, 0.15) is 11.2 Å². The number of hydrogen-bond donors (Lipinski definition) is 0. The molecule has 1 heterocycles. The van der Waals surface area contributed by atoms with E-state index in [0.29, 0.717) is 0 Å². The molecule has 0 bridgehead atoms. The molecule has 11 rings (SSSR count). The zero-order chi connectivity index (χ0) is 35.8. The van der Waals surface area contributed by atoms with Crippen LogP contribution in [0.25, 0.3) is 65.7 Å². The Morgan fingerprint density at radius 3 is 1.74 bits per heavy atom. The summed E-state index contributed by atoms with van der Waals surface area (Å²) in [6.07, 6.45) is 0. The Labute approximate surface area is 314 Å². The van der Waals surface area contributed by atoms with Crippen LogP contribution < -0.4 is 4.90 Å². The van der Waals surface area contributed by atoms with Crippen molar-refractivity contribution in [2.24, 2.45) is 0 Å². The molecule has 0 saturated heterocycles. The highest BCUT2D eigenvalue weighted by Crippen LogP contribution is 2.55. The van der Waals surface area contributed by atoms with E-state index in [1.807, 2.05) is 0 Å². The molecule has 0 atom stereocenters. The topological polar surface area (TPSA) is 16.4 Å². The molecular formula is C52H35NO. The Morgan fingerprint density at radius 2 is 1.00 bits per heavy atom. The van der Waals surface area contributed by atoms with Crippen molar-refractivity contribution in [3.05, 3.63) is 211 Å². The van der Waals surface area contributed by atoms with Crippen LogP contribution in [0.1, 0.15) is 23.6 Å². The molecule has 54 heavy (non-hydrogen) atoms. The van der Waals surface area contributed by atoms with Gasteiger partial charge in [-0.2, -0.15) is 0 Å². The molecule has 0 fully saturated rings. The molecule has 0 unspecified atom stereocenters. The van der Waals surface area contributed by atoms with Crippen molar-refractivity contribution < 1.29 is 4.42 Å². The summed E-state index contributed by atoms with van der Waals surface area (Å²) in [4.78, 5) is 2.48. The van der Waals surface area contributed by atoms with Crippen LogP contribution in [0.15, 0.2) is 199 Å². The molecule has 9 aromatic carbocycles. The first-order valence-electron chi connectivity index (χ1n) is 18.7. The van der Waals surface area contributed by atoms with Gasteiger partial charge >= 0.3 is 0 Å². The molecule has 0 N–H and O–H groups in total. The monoisotopic (exact) mass is 689 g/mol. The lowest BCUT2D eigenvalue weighted by Gasteiger charge is -2.32. The van der Waals surface area contributed by atoms with Crippen molar-refractivity contribution >= 4 is 60.5 Å². The first kappa shape index (κ1) is 30.7. The van der Waals surface area contributed by atoms with E-state index < -0.39 is 5.41 Å². The largest absolute Gasteiger partial charge is 0.456 e. The molecule has 0 radical (unpaired) electrons. The second-order valence-electron chi connectivity index (χ2n) is 14.6. The van der Waals surface area contributed by atoms with Gasteiger partial charge in [0.15, 0.2) is 0 Å². The normalized spacial score (nSPS) is 13.1. The number of fused-ring (bicyclic) bond motifs is 9. The summed E-state index contributed by atoms with van der Waals surface area (Å²) in [7, 11) is 0. The van der Waals surface area contributed by atoms with E-state index in [1.165, 1.54) is 60.5 Å². The average molecular weight is 690 g/mol. The summed E-state index contributed by atoms with van der Waals surface area (Å²) in [6.45, 7) is 2.38. The highest BCUT2D eigenvalue weighted by molar-refractivity contribution is 6.18. The van der Waals surface area contributed by atoms with Gasteiger partial charge in [0.05, 0.1) is 16.8 Å².